The smallest absolute Gasteiger partial charge is 0.246 e. The highest BCUT2D eigenvalue weighted by Crippen LogP contribution is 2.34. The van der Waals surface area contributed by atoms with Crippen LogP contribution in [0.4, 0.5) is 10.1 Å². The van der Waals surface area contributed by atoms with E-state index in [1.54, 1.807) is 38.6 Å². The Bertz CT molecular complexity index is 1090. The summed E-state index contributed by atoms with van der Waals surface area (Å²) >= 11 is 0. The van der Waals surface area contributed by atoms with Crippen molar-refractivity contribution >= 4 is 11.6 Å². The largest absolute Gasteiger partial charge is 0.497 e. The zero-order chi connectivity index (χ0) is 25.2. The van der Waals surface area contributed by atoms with Crippen molar-refractivity contribution in [3.05, 3.63) is 60.2 Å². The van der Waals surface area contributed by atoms with Gasteiger partial charge in [-0.2, -0.15) is 5.10 Å². The number of hydrogen-bond acceptors (Lipinski definition) is 7. The van der Waals surface area contributed by atoms with Gasteiger partial charge in [-0.05, 0) is 37.9 Å². The molecule has 1 unspecified atom stereocenters. The lowest BCUT2D eigenvalue weighted by Gasteiger charge is -2.21. The number of methoxy groups -OCH3 is 2. The van der Waals surface area contributed by atoms with Gasteiger partial charge in [0.1, 0.15) is 30.0 Å². The van der Waals surface area contributed by atoms with Crippen molar-refractivity contribution < 1.29 is 23.4 Å². The number of aromatic amines is 1. The zero-order valence-electron chi connectivity index (χ0n) is 20.4. The van der Waals surface area contributed by atoms with Gasteiger partial charge in [0, 0.05) is 43.6 Å². The van der Waals surface area contributed by atoms with E-state index in [1.807, 2.05) is 31.1 Å². The molecule has 188 valence electrons. The number of amides is 1. The summed E-state index contributed by atoms with van der Waals surface area (Å²) < 4.78 is 31.4. The molecule has 0 spiro atoms. The molecule has 0 fully saturated rings. The molecule has 0 aliphatic carbocycles. The van der Waals surface area contributed by atoms with Crippen LogP contribution in [-0.4, -0.2) is 75.6 Å². The molecule has 1 atom stereocenters. The molecule has 0 aliphatic heterocycles. The lowest BCUT2D eigenvalue weighted by Crippen LogP contribution is -2.35. The van der Waals surface area contributed by atoms with Crippen LogP contribution in [0.15, 0.2) is 48.8 Å². The van der Waals surface area contributed by atoms with Crippen LogP contribution in [0.25, 0.3) is 11.1 Å². The van der Waals surface area contributed by atoms with Crippen molar-refractivity contribution in [1.82, 2.24) is 20.4 Å². The van der Waals surface area contributed by atoms with Gasteiger partial charge in [-0.25, -0.2) is 4.39 Å². The minimum absolute atomic E-state index is 0.236. The maximum absolute atomic E-state index is 15.1. The molecule has 3 rings (SSSR count). The van der Waals surface area contributed by atoms with Gasteiger partial charge in [-0.1, -0.05) is 12.1 Å². The summed E-state index contributed by atoms with van der Waals surface area (Å²) in [5.41, 5.74) is 1.83. The molecule has 35 heavy (non-hydrogen) atoms. The van der Waals surface area contributed by atoms with Crippen molar-refractivity contribution in [2.24, 2.45) is 0 Å². The highest BCUT2D eigenvalue weighted by atomic mass is 19.1. The quantitative estimate of drug-likeness (QED) is 0.320. The van der Waals surface area contributed by atoms with Gasteiger partial charge in [0.15, 0.2) is 0 Å². The number of ether oxygens (including phenoxy) is 3. The third kappa shape index (κ3) is 7.25. The van der Waals surface area contributed by atoms with E-state index in [4.69, 9.17) is 14.2 Å². The predicted molar refractivity (Wildman–Crippen MR) is 132 cm³/mol. The fourth-order valence-corrected chi connectivity index (χ4v) is 3.42. The number of halogens is 1. The molecule has 2 aromatic carbocycles. The van der Waals surface area contributed by atoms with E-state index in [0.29, 0.717) is 54.5 Å². The molecule has 3 aromatic rings. The average molecular weight is 486 g/mol. The van der Waals surface area contributed by atoms with E-state index in [-0.39, 0.29) is 11.6 Å². The minimum atomic E-state index is -0.730. The van der Waals surface area contributed by atoms with Gasteiger partial charge >= 0.3 is 0 Å². The number of aromatic nitrogens is 2. The second-order valence-corrected chi connectivity index (χ2v) is 8.11. The molecule has 1 aromatic heterocycles. The summed E-state index contributed by atoms with van der Waals surface area (Å²) in [4.78, 5) is 15.4. The number of likely N-dealkylation sites (N-methyl/N-ethyl adjacent to an activating group) is 1. The molecule has 0 bridgehead atoms. The Morgan fingerprint density at radius 2 is 2.03 bits per heavy atom. The Balaban J connectivity index is 1.91. The number of anilines is 1. The van der Waals surface area contributed by atoms with E-state index in [0.717, 1.165) is 0 Å². The van der Waals surface area contributed by atoms with Crippen molar-refractivity contribution in [3.63, 3.8) is 0 Å². The average Bonchev–Trinajstić information content (AvgIpc) is 3.37. The van der Waals surface area contributed by atoms with Crippen molar-refractivity contribution in [2.75, 3.05) is 59.9 Å². The van der Waals surface area contributed by atoms with Crippen LogP contribution in [0.2, 0.25) is 0 Å². The van der Waals surface area contributed by atoms with E-state index in [2.05, 4.69) is 20.8 Å². The second kappa shape index (κ2) is 12.8. The van der Waals surface area contributed by atoms with Crippen LogP contribution in [0.5, 0.6) is 11.5 Å². The Kier molecular flexibility index (Phi) is 9.59. The molecule has 0 saturated carbocycles. The van der Waals surface area contributed by atoms with Gasteiger partial charge < -0.3 is 24.4 Å². The second-order valence-electron chi connectivity index (χ2n) is 8.11. The first kappa shape index (κ1) is 26.1. The van der Waals surface area contributed by atoms with Gasteiger partial charge in [-0.3, -0.25) is 15.2 Å². The fraction of sp³-hybridized carbons (Fsp3) is 0.360. The third-order valence-electron chi connectivity index (χ3n) is 5.28. The third-order valence-corrected chi connectivity index (χ3v) is 5.28. The summed E-state index contributed by atoms with van der Waals surface area (Å²) in [5, 5.41) is 12.6. The molecule has 0 saturated heterocycles. The van der Waals surface area contributed by atoms with Gasteiger partial charge in [0.2, 0.25) is 5.91 Å². The van der Waals surface area contributed by atoms with Crippen LogP contribution in [0, 0.1) is 5.82 Å². The Morgan fingerprint density at radius 1 is 1.20 bits per heavy atom. The van der Waals surface area contributed by atoms with E-state index in [9.17, 15) is 4.79 Å². The molecule has 0 aliphatic rings. The first-order chi connectivity index (χ1) is 16.9. The maximum atomic E-state index is 15.1. The first-order valence-corrected chi connectivity index (χ1v) is 11.2. The molecular formula is C25H32FN5O4. The Hall–Kier alpha value is -3.47. The molecule has 1 heterocycles. The van der Waals surface area contributed by atoms with Crippen LogP contribution in [0.3, 0.4) is 0 Å². The number of rotatable bonds is 13. The zero-order valence-corrected chi connectivity index (χ0v) is 20.4. The summed E-state index contributed by atoms with van der Waals surface area (Å²) in [5.74, 6) is 0.102. The fourth-order valence-electron chi connectivity index (χ4n) is 3.42. The highest BCUT2D eigenvalue weighted by molar-refractivity contribution is 5.97. The summed E-state index contributed by atoms with van der Waals surface area (Å²) in [6.45, 7) is 1.86. The molecule has 1 amide bonds. The lowest BCUT2D eigenvalue weighted by molar-refractivity contribution is -0.118. The standard InChI is InChI=1S/C25H32FN5O4/c1-31(2)9-11-35-23-13-20(18-15-28-29-16-18)21(26)14-22(23)30-25(32)24(27-8-10-33-3)17-6-5-7-19(12-17)34-4/h5-7,12-16,24,27H,8-11H2,1-4H3,(H,28,29)(H,30,32). The molecule has 0 radical (unpaired) electrons. The number of carbonyl (C=O) groups excluding carboxylic acids is 1. The number of H-pyrrole nitrogens is 1. The summed E-state index contributed by atoms with van der Waals surface area (Å²) in [7, 11) is 7.01. The van der Waals surface area contributed by atoms with E-state index < -0.39 is 11.9 Å². The molecule has 10 heteroatoms. The monoisotopic (exact) mass is 485 g/mol. The van der Waals surface area contributed by atoms with Crippen LogP contribution in [0.1, 0.15) is 11.6 Å². The van der Waals surface area contributed by atoms with Crippen LogP contribution < -0.4 is 20.1 Å². The van der Waals surface area contributed by atoms with Gasteiger partial charge in [0.25, 0.3) is 0 Å². The first-order valence-electron chi connectivity index (χ1n) is 11.2. The van der Waals surface area contributed by atoms with Crippen molar-refractivity contribution in [1.29, 1.82) is 0 Å². The molecular weight excluding hydrogens is 453 g/mol. The van der Waals surface area contributed by atoms with E-state index >= 15 is 4.39 Å². The SMILES string of the molecule is COCCNC(C(=O)Nc1cc(F)c(-c2cn[nH]c2)cc1OCCN(C)C)c1cccc(OC)c1. The Morgan fingerprint density at radius 3 is 2.71 bits per heavy atom. The lowest BCUT2D eigenvalue weighted by atomic mass is 10.0. The van der Waals surface area contributed by atoms with Gasteiger partial charge in [0.05, 0.1) is 25.6 Å². The minimum Gasteiger partial charge on any atom is -0.497 e. The number of hydrogen-bond donors (Lipinski definition) is 3. The Labute approximate surface area is 204 Å². The number of benzene rings is 2. The number of carbonyl (C=O) groups is 1. The van der Waals surface area contributed by atoms with Gasteiger partial charge in [-0.15, -0.1) is 0 Å². The molecule has 9 nitrogen and oxygen atoms in total. The maximum Gasteiger partial charge on any atom is 0.246 e. The number of nitrogens with one attached hydrogen (secondary N) is 3. The highest BCUT2D eigenvalue weighted by Gasteiger charge is 2.23. The van der Waals surface area contributed by atoms with Crippen LogP contribution >= 0.6 is 0 Å². The van der Waals surface area contributed by atoms with Crippen molar-refractivity contribution in [3.8, 4) is 22.6 Å². The number of nitrogens with zero attached hydrogens (tertiary/aromatic N) is 2. The summed E-state index contributed by atoms with van der Waals surface area (Å²) in [6, 6.07) is 9.32. The molecule has 3 N–H and O–H groups in total. The van der Waals surface area contributed by atoms with Crippen LogP contribution in [-0.2, 0) is 9.53 Å². The summed E-state index contributed by atoms with van der Waals surface area (Å²) in [6.07, 6.45) is 3.12. The van der Waals surface area contributed by atoms with E-state index in [1.165, 1.54) is 12.3 Å². The predicted octanol–water partition coefficient (Wildman–Crippen LogP) is 3.08. The normalized spacial score (nSPS) is 11.9. The van der Waals surface area contributed by atoms with Crippen molar-refractivity contribution in [2.45, 2.75) is 6.04 Å². The topological polar surface area (TPSA) is 101 Å².